The molecule has 0 aliphatic heterocycles. The van der Waals surface area contributed by atoms with Crippen molar-refractivity contribution in [1.29, 1.82) is 0 Å². The van der Waals surface area contributed by atoms with E-state index in [0.29, 0.717) is 25.9 Å². The van der Waals surface area contributed by atoms with Crippen LogP contribution < -0.4 is 10.6 Å². The summed E-state index contributed by atoms with van der Waals surface area (Å²) in [6.45, 7) is 0.860. The number of amides is 2. The Hall–Kier alpha value is -2.12. The second-order valence-electron chi connectivity index (χ2n) is 4.64. The minimum atomic E-state index is -1.10. The van der Waals surface area contributed by atoms with E-state index < -0.39 is 17.5 Å². The molecule has 1 aliphatic carbocycles. The molecular weight excluding hydrogens is 250 g/mol. The van der Waals surface area contributed by atoms with Crippen molar-refractivity contribution in [3.8, 4) is 0 Å². The Morgan fingerprint density at radius 1 is 1.37 bits per heavy atom. The molecule has 0 atom stereocenters. The first-order valence-corrected chi connectivity index (χ1v) is 6.26. The number of aromatic nitrogens is 3. The summed E-state index contributed by atoms with van der Waals surface area (Å²) in [5.41, 5.74) is -1.10. The minimum absolute atomic E-state index is 0.366. The monoisotopic (exact) mass is 267 g/mol. The molecule has 1 fully saturated rings. The molecule has 0 aromatic carbocycles. The smallest absolute Gasteiger partial charge is 0.329 e. The van der Waals surface area contributed by atoms with Crippen molar-refractivity contribution in [2.75, 3.05) is 6.54 Å². The van der Waals surface area contributed by atoms with Gasteiger partial charge in [0.1, 0.15) is 5.54 Å². The summed E-state index contributed by atoms with van der Waals surface area (Å²) in [5, 5.41) is 21.8. The molecule has 2 amide bonds. The van der Waals surface area contributed by atoms with Crippen molar-refractivity contribution >= 4 is 12.0 Å². The van der Waals surface area contributed by atoms with Gasteiger partial charge in [0.05, 0.1) is 12.7 Å². The average Bonchev–Trinajstić information content (AvgIpc) is 3.00. The first-order chi connectivity index (χ1) is 9.12. The SMILES string of the molecule is O=C(NCCn1ccnn1)NC1(C(=O)O)CCCC1. The molecular formula is C11H17N5O3. The zero-order valence-corrected chi connectivity index (χ0v) is 10.5. The van der Waals surface area contributed by atoms with Crippen LogP contribution in [0, 0.1) is 0 Å². The predicted octanol–water partition coefficient (Wildman–Crippen LogP) is -0.0253. The molecule has 19 heavy (non-hydrogen) atoms. The molecule has 3 N–H and O–H groups in total. The van der Waals surface area contributed by atoms with Crippen molar-refractivity contribution in [3.05, 3.63) is 12.4 Å². The number of hydrogen-bond acceptors (Lipinski definition) is 4. The summed E-state index contributed by atoms with van der Waals surface area (Å²) >= 11 is 0. The Labute approximate surface area is 110 Å². The second kappa shape index (κ2) is 5.68. The summed E-state index contributed by atoms with van der Waals surface area (Å²) in [6, 6.07) is -0.454. The first-order valence-electron chi connectivity index (χ1n) is 6.26. The largest absolute Gasteiger partial charge is 0.480 e. The van der Waals surface area contributed by atoms with E-state index in [4.69, 9.17) is 0 Å². The van der Waals surface area contributed by atoms with Crippen LogP contribution in [0.5, 0.6) is 0 Å². The molecule has 1 saturated carbocycles. The van der Waals surface area contributed by atoms with Gasteiger partial charge in [-0.1, -0.05) is 18.1 Å². The summed E-state index contributed by atoms with van der Waals surface area (Å²) in [7, 11) is 0. The maximum atomic E-state index is 11.7. The number of hydrogen-bond donors (Lipinski definition) is 3. The summed E-state index contributed by atoms with van der Waals surface area (Å²) in [6.07, 6.45) is 5.86. The number of aliphatic carboxylic acids is 1. The fourth-order valence-corrected chi connectivity index (χ4v) is 2.27. The third kappa shape index (κ3) is 3.21. The van der Waals surface area contributed by atoms with E-state index in [1.807, 2.05) is 0 Å². The van der Waals surface area contributed by atoms with Gasteiger partial charge < -0.3 is 15.7 Å². The third-order valence-corrected chi connectivity index (χ3v) is 3.32. The van der Waals surface area contributed by atoms with Crippen molar-refractivity contribution in [2.45, 2.75) is 37.8 Å². The Balaban J connectivity index is 1.78. The van der Waals surface area contributed by atoms with Gasteiger partial charge in [0.2, 0.25) is 0 Å². The van der Waals surface area contributed by atoms with Crippen LogP contribution in [0.1, 0.15) is 25.7 Å². The van der Waals surface area contributed by atoms with Crippen molar-refractivity contribution in [2.24, 2.45) is 0 Å². The molecule has 0 bridgehead atoms. The molecule has 0 spiro atoms. The molecule has 1 aromatic heterocycles. The lowest BCUT2D eigenvalue weighted by Crippen LogP contribution is -2.55. The Bertz CT molecular complexity index is 439. The van der Waals surface area contributed by atoms with Gasteiger partial charge in [0, 0.05) is 12.7 Å². The molecule has 1 aromatic rings. The third-order valence-electron chi connectivity index (χ3n) is 3.32. The molecule has 0 unspecified atom stereocenters. The van der Waals surface area contributed by atoms with Gasteiger partial charge in [-0.15, -0.1) is 5.10 Å². The number of nitrogens with one attached hydrogen (secondary N) is 2. The van der Waals surface area contributed by atoms with Crippen LogP contribution >= 0.6 is 0 Å². The zero-order chi connectivity index (χ0) is 13.7. The highest BCUT2D eigenvalue weighted by atomic mass is 16.4. The van der Waals surface area contributed by atoms with Crippen LogP contribution in [-0.2, 0) is 11.3 Å². The van der Waals surface area contributed by atoms with Crippen molar-refractivity contribution < 1.29 is 14.7 Å². The van der Waals surface area contributed by atoms with Gasteiger partial charge in [0.15, 0.2) is 0 Å². The number of carbonyl (C=O) groups excluding carboxylic acids is 1. The summed E-state index contributed by atoms with van der Waals surface area (Å²) in [4.78, 5) is 23.0. The molecule has 8 nitrogen and oxygen atoms in total. The van der Waals surface area contributed by atoms with Gasteiger partial charge in [-0.25, -0.2) is 9.59 Å². The summed E-state index contributed by atoms with van der Waals surface area (Å²) < 4.78 is 1.59. The molecule has 1 aliphatic rings. The number of carboxylic acids is 1. The molecule has 0 radical (unpaired) electrons. The number of carbonyl (C=O) groups is 2. The van der Waals surface area contributed by atoms with E-state index in [9.17, 15) is 14.7 Å². The number of carboxylic acid groups (broad SMARTS) is 1. The zero-order valence-electron chi connectivity index (χ0n) is 10.5. The normalized spacial score (nSPS) is 17.1. The quantitative estimate of drug-likeness (QED) is 0.694. The topological polar surface area (TPSA) is 109 Å². The highest BCUT2D eigenvalue weighted by Crippen LogP contribution is 2.29. The van der Waals surface area contributed by atoms with Gasteiger partial charge >= 0.3 is 12.0 Å². The highest BCUT2D eigenvalue weighted by Gasteiger charge is 2.42. The average molecular weight is 267 g/mol. The van der Waals surface area contributed by atoms with Crippen molar-refractivity contribution in [3.63, 3.8) is 0 Å². The van der Waals surface area contributed by atoms with Gasteiger partial charge in [0.25, 0.3) is 0 Å². The maximum Gasteiger partial charge on any atom is 0.329 e. The molecule has 8 heteroatoms. The molecule has 0 saturated heterocycles. The van der Waals surface area contributed by atoms with Gasteiger partial charge in [-0.05, 0) is 12.8 Å². The second-order valence-corrected chi connectivity index (χ2v) is 4.64. The van der Waals surface area contributed by atoms with Gasteiger partial charge in [-0.2, -0.15) is 0 Å². The van der Waals surface area contributed by atoms with Crippen LogP contribution in [0.3, 0.4) is 0 Å². The van der Waals surface area contributed by atoms with E-state index in [2.05, 4.69) is 20.9 Å². The first kappa shape index (κ1) is 13.3. The number of rotatable bonds is 5. The highest BCUT2D eigenvalue weighted by molar-refractivity contribution is 5.86. The molecule has 2 rings (SSSR count). The number of urea groups is 1. The number of nitrogens with zero attached hydrogens (tertiary/aromatic N) is 3. The van der Waals surface area contributed by atoms with E-state index in [0.717, 1.165) is 12.8 Å². The molecule has 104 valence electrons. The van der Waals surface area contributed by atoms with Crippen molar-refractivity contribution in [1.82, 2.24) is 25.6 Å². The van der Waals surface area contributed by atoms with Crippen LogP contribution in [-0.4, -0.2) is 44.2 Å². The van der Waals surface area contributed by atoms with Crippen LogP contribution in [0.4, 0.5) is 4.79 Å². The van der Waals surface area contributed by atoms with Crippen LogP contribution in [0.2, 0.25) is 0 Å². The Morgan fingerprint density at radius 3 is 2.68 bits per heavy atom. The lowest BCUT2D eigenvalue weighted by Gasteiger charge is -2.25. The van der Waals surface area contributed by atoms with Crippen LogP contribution in [0.25, 0.3) is 0 Å². The van der Waals surface area contributed by atoms with E-state index in [1.54, 1.807) is 17.1 Å². The predicted molar refractivity (Wildman–Crippen MR) is 65.4 cm³/mol. The maximum absolute atomic E-state index is 11.7. The van der Waals surface area contributed by atoms with Gasteiger partial charge in [-0.3, -0.25) is 4.68 Å². The lowest BCUT2D eigenvalue weighted by atomic mass is 9.98. The van der Waals surface area contributed by atoms with Crippen LogP contribution in [0.15, 0.2) is 12.4 Å². The standard InChI is InChI=1S/C11H17N5O3/c17-9(18)11(3-1-2-4-11)14-10(19)12-5-7-16-8-6-13-15-16/h6,8H,1-5,7H2,(H,17,18)(H2,12,14,19). The van der Waals surface area contributed by atoms with E-state index in [-0.39, 0.29) is 0 Å². The Morgan fingerprint density at radius 2 is 2.11 bits per heavy atom. The van der Waals surface area contributed by atoms with E-state index >= 15 is 0 Å². The fraction of sp³-hybridized carbons (Fsp3) is 0.636. The minimum Gasteiger partial charge on any atom is -0.480 e. The Kier molecular flexibility index (Phi) is 3.98. The van der Waals surface area contributed by atoms with E-state index in [1.165, 1.54) is 0 Å². The summed E-state index contributed by atoms with van der Waals surface area (Å²) in [5.74, 6) is -0.962. The fourth-order valence-electron chi connectivity index (χ4n) is 2.27. The molecule has 1 heterocycles. The lowest BCUT2D eigenvalue weighted by molar-refractivity contribution is -0.144.